The Balaban J connectivity index is 1.49. The van der Waals surface area contributed by atoms with E-state index in [-0.39, 0.29) is 5.91 Å². The van der Waals surface area contributed by atoms with Crippen LogP contribution >= 0.6 is 0 Å². The average molecular weight is 433 g/mol. The topological polar surface area (TPSA) is 88.2 Å². The molecular weight excluding hydrogens is 400 g/mol. The predicted octanol–water partition coefficient (Wildman–Crippen LogP) is 3.04. The van der Waals surface area contributed by atoms with Gasteiger partial charge in [-0.2, -0.15) is 0 Å². The fourth-order valence-electron chi connectivity index (χ4n) is 4.81. The number of piperidine rings is 2. The molecule has 0 bridgehead atoms. The predicted molar refractivity (Wildman–Crippen MR) is 126 cm³/mol. The van der Waals surface area contributed by atoms with Gasteiger partial charge in [-0.3, -0.25) is 4.79 Å². The molecule has 7 nitrogen and oxygen atoms in total. The third kappa shape index (κ3) is 4.69. The van der Waals surface area contributed by atoms with E-state index in [1.807, 2.05) is 17.9 Å². The normalized spacial score (nSPS) is 17.7. The van der Waals surface area contributed by atoms with Crippen LogP contribution in [0.15, 0.2) is 24.7 Å². The Morgan fingerprint density at radius 1 is 1.03 bits per heavy atom. The van der Waals surface area contributed by atoms with Gasteiger partial charge in [0.2, 0.25) is 5.91 Å². The quantitative estimate of drug-likeness (QED) is 0.750. The van der Waals surface area contributed by atoms with Gasteiger partial charge in [-0.05, 0) is 49.7 Å². The molecule has 0 aromatic carbocycles. The van der Waals surface area contributed by atoms with Crippen LogP contribution in [-0.4, -0.2) is 51.9 Å². The fourth-order valence-corrected chi connectivity index (χ4v) is 4.81. The van der Waals surface area contributed by atoms with Gasteiger partial charge in [-0.1, -0.05) is 25.7 Å². The summed E-state index contributed by atoms with van der Waals surface area (Å²) in [5.74, 6) is 8.23. The van der Waals surface area contributed by atoms with Gasteiger partial charge in [0.1, 0.15) is 18.0 Å². The number of aromatic nitrogens is 3. The van der Waals surface area contributed by atoms with Gasteiger partial charge in [0.25, 0.3) is 0 Å². The highest BCUT2D eigenvalue weighted by molar-refractivity contribution is 5.75. The molecule has 4 heterocycles. The van der Waals surface area contributed by atoms with Crippen LogP contribution < -0.4 is 10.6 Å². The number of aryl methyl sites for hydroxylation is 1. The van der Waals surface area contributed by atoms with Gasteiger partial charge in [-0.25, -0.2) is 15.0 Å². The van der Waals surface area contributed by atoms with Crippen LogP contribution in [0.2, 0.25) is 0 Å². The van der Waals surface area contributed by atoms with E-state index in [0.29, 0.717) is 17.7 Å². The van der Waals surface area contributed by atoms with E-state index in [2.05, 4.69) is 38.6 Å². The second kappa shape index (κ2) is 9.56. The van der Waals surface area contributed by atoms with Crippen molar-refractivity contribution in [1.82, 2.24) is 19.9 Å². The number of rotatable bonds is 3. The van der Waals surface area contributed by atoms with Crippen LogP contribution in [0.5, 0.6) is 0 Å². The lowest BCUT2D eigenvalue weighted by Gasteiger charge is -2.47. The Labute approximate surface area is 190 Å². The summed E-state index contributed by atoms with van der Waals surface area (Å²) in [7, 11) is 0. The minimum atomic E-state index is 0.282. The summed E-state index contributed by atoms with van der Waals surface area (Å²) in [6, 6.07) is 3.64. The maximum absolute atomic E-state index is 12.0. The van der Waals surface area contributed by atoms with Crippen molar-refractivity contribution in [3.05, 3.63) is 41.5 Å². The first kappa shape index (κ1) is 22.1. The summed E-state index contributed by atoms with van der Waals surface area (Å²) in [5.41, 5.74) is 8.73. The first-order chi connectivity index (χ1) is 15.5. The van der Waals surface area contributed by atoms with E-state index in [9.17, 15) is 4.79 Å². The lowest BCUT2D eigenvalue weighted by Crippen LogP contribution is -2.48. The van der Waals surface area contributed by atoms with Gasteiger partial charge in [0.15, 0.2) is 0 Å². The maximum atomic E-state index is 12.0. The van der Waals surface area contributed by atoms with Gasteiger partial charge in [-0.15, -0.1) is 0 Å². The molecule has 2 aliphatic rings. The summed E-state index contributed by atoms with van der Waals surface area (Å²) in [4.78, 5) is 29.7. The van der Waals surface area contributed by atoms with Crippen LogP contribution in [0.25, 0.3) is 0 Å². The molecule has 1 spiro atoms. The summed E-state index contributed by atoms with van der Waals surface area (Å²) in [5, 5.41) is 0. The van der Waals surface area contributed by atoms with E-state index in [4.69, 9.17) is 5.73 Å². The summed E-state index contributed by atoms with van der Waals surface area (Å²) < 4.78 is 0. The minimum Gasteiger partial charge on any atom is -0.384 e. The van der Waals surface area contributed by atoms with Crippen LogP contribution in [0.1, 0.15) is 62.8 Å². The maximum Gasteiger partial charge on any atom is 0.222 e. The molecular formula is C25H32N6O. The molecule has 0 atom stereocenters. The zero-order valence-electron chi connectivity index (χ0n) is 19.1. The largest absolute Gasteiger partial charge is 0.384 e. The fraction of sp³-hybridized carbons (Fsp3) is 0.520. The molecule has 32 heavy (non-hydrogen) atoms. The van der Waals surface area contributed by atoms with Gasteiger partial charge < -0.3 is 15.5 Å². The Morgan fingerprint density at radius 2 is 1.75 bits per heavy atom. The van der Waals surface area contributed by atoms with Gasteiger partial charge in [0, 0.05) is 44.4 Å². The van der Waals surface area contributed by atoms with Crippen molar-refractivity contribution in [2.45, 2.75) is 52.4 Å². The van der Waals surface area contributed by atoms with Gasteiger partial charge >= 0.3 is 0 Å². The zero-order valence-corrected chi connectivity index (χ0v) is 19.1. The lowest BCUT2D eigenvalue weighted by molar-refractivity contribution is -0.133. The average Bonchev–Trinajstić information content (AvgIpc) is 2.84. The summed E-state index contributed by atoms with van der Waals surface area (Å²) in [6.45, 7) is 7.75. The molecule has 0 aliphatic carbocycles. The number of nitrogen functional groups attached to an aromatic ring is 1. The zero-order chi connectivity index (χ0) is 22.6. The number of nitrogens with zero attached hydrogens (tertiary/aromatic N) is 5. The van der Waals surface area contributed by atoms with Gasteiger partial charge in [0.05, 0.1) is 11.3 Å². The first-order valence-electron chi connectivity index (χ1n) is 11.6. The molecule has 2 N–H and O–H groups in total. The number of hydrogen-bond donors (Lipinski definition) is 1. The van der Waals surface area contributed by atoms with Crippen LogP contribution in [0, 0.1) is 17.3 Å². The molecule has 0 saturated carbocycles. The molecule has 2 aromatic heterocycles. The monoisotopic (exact) mass is 432 g/mol. The molecule has 2 saturated heterocycles. The molecule has 0 unspecified atom stereocenters. The molecule has 0 radical (unpaired) electrons. The first-order valence-corrected chi connectivity index (χ1v) is 11.6. The lowest BCUT2D eigenvalue weighted by atomic mass is 9.71. The Morgan fingerprint density at radius 3 is 2.38 bits per heavy atom. The Bertz CT molecular complexity index is 1000. The smallest absolute Gasteiger partial charge is 0.222 e. The van der Waals surface area contributed by atoms with E-state index in [1.165, 1.54) is 0 Å². The Kier molecular flexibility index (Phi) is 6.59. The Hall–Kier alpha value is -3.14. The number of likely N-dealkylation sites (tertiary alicyclic amines) is 1. The van der Waals surface area contributed by atoms with Crippen LogP contribution in [-0.2, 0) is 11.2 Å². The summed E-state index contributed by atoms with van der Waals surface area (Å²) >= 11 is 0. The van der Waals surface area contributed by atoms with Crippen LogP contribution in [0.4, 0.5) is 11.6 Å². The number of pyridine rings is 1. The van der Waals surface area contributed by atoms with Crippen molar-refractivity contribution in [2.24, 2.45) is 5.41 Å². The number of carbonyl (C=O) groups is 1. The van der Waals surface area contributed by atoms with Crippen molar-refractivity contribution in [2.75, 3.05) is 36.8 Å². The molecule has 2 fully saturated rings. The molecule has 2 aromatic rings. The summed E-state index contributed by atoms with van der Waals surface area (Å²) in [6.07, 6.45) is 9.22. The highest BCUT2D eigenvalue weighted by atomic mass is 16.2. The van der Waals surface area contributed by atoms with E-state index in [0.717, 1.165) is 80.9 Å². The molecule has 2 aliphatic heterocycles. The van der Waals surface area contributed by atoms with Crippen molar-refractivity contribution in [3.63, 3.8) is 0 Å². The highest BCUT2D eigenvalue weighted by Crippen LogP contribution is 2.42. The van der Waals surface area contributed by atoms with E-state index >= 15 is 0 Å². The van der Waals surface area contributed by atoms with Crippen molar-refractivity contribution in [3.8, 4) is 11.8 Å². The SMILES string of the molecule is CCC(=O)N1CCC2(CC1)CCN(c1ncnc(CC)c1C#Cc1ccc(N)nc1)CC2. The van der Waals surface area contributed by atoms with E-state index in [1.54, 1.807) is 18.6 Å². The molecule has 1 amide bonds. The number of carbonyl (C=O) groups excluding carboxylic acids is 1. The second-order valence-electron chi connectivity index (χ2n) is 8.82. The van der Waals surface area contributed by atoms with Crippen molar-refractivity contribution in [1.29, 1.82) is 0 Å². The standard InChI is InChI=1S/C25H32N6O/c1-3-21-20(7-5-19-6-8-22(26)27-17-19)24(29-18-28-21)31-15-11-25(12-16-31)9-13-30(14-10-25)23(32)4-2/h6,8,17-18H,3-4,9-16H2,1-2H3,(H2,26,27). The molecule has 7 heteroatoms. The third-order valence-electron chi connectivity index (χ3n) is 6.96. The van der Waals surface area contributed by atoms with Crippen molar-refractivity contribution >= 4 is 17.5 Å². The second-order valence-corrected chi connectivity index (χ2v) is 8.82. The number of hydrogen-bond acceptors (Lipinski definition) is 6. The number of nitrogens with two attached hydrogens (primary N) is 1. The highest BCUT2D eigenvalue weighted by Gasteiger charge is 2.38. The minimum absolute atomic E-state index is 0.282. The molecule has 168 valence electrons. The van der Waals surface area contributed by atoms with Crippen LogP contribution in [0.3, 0.4) is 0 Å². The number of anilines is 2. The third-order valence-corrected chi connectivity index (χ3v) is 6.96. The van der Waals surface area contributed by atoms with Crippen molar-refractivity contribution < 1.29 is 4.79 Å². The molecule has 4 rings (SSSR count). The van der Waals surface area contributed by atoms with E-state index < -0.39 is 0 Å². The number of amides is 1.